The number of esters is 1. The van der Waals surface area contributed by atoms with Gasteiger partial charge >= 0.3 is 5.97 Å². The van der Waals surface area contributed by atoms with Crippen LogP contribution in [-0.4, -0.2) is 24.6 Å². The first kappa shape index (κ1) is 27.1. The normalized spacial score (nSPS) is 48.1. The zero-order chi connectivity index (χ0) is 27.4. The van der Waals surface area contributed by atoms with Crippen LogP contribution in [0.15, 0.2) is 11.6 Å². The highest BCUT2D eigenvalue weighted by molar-refractivity contribution is 5.96. The number of hydrogen-bond acceptors (Lipinski definition) is 4. The Morgan fingerprint density at radius 3 is 2.16 bits per heavy atom. The van der Waals surface area contributed by atoms with Crippen molar-refractivity contribution in [2.75, 3.05) is 7.11 Å². The van der Waals surface area contributed by atoms with E-state index in [1.165, 1.54) is 12.7 Å². The van der Waals surface area contributed by atoms with Crippen molar-refractivity contribution in [3.8, 4) is 0 Å². The first-order valence-electron chi connectivity index (χ1n) is 14.9. The van der Waals surface area contributed by atoms with Crippen molar-refractivity contribution >= 4 is 17.5 Å². The lowest BCUT2D eigenvalue weighted by Gasteiger charge is -2.72. The van der Waals surface area contributed by atoms with Crippen LogP contribution in [0, 0.1) is 49.7 Å². The predicted octanol–water partition coefficient (Wildman–Crippen LogP) is 7.49. The van der Waals surface area contributed by atoms with Crippen LogP contribution < -0.4 is 0 Å². The molecule has 7 atom stereocenters. The fourth-order valence-corrected chi connectivity index (χ4v) is 11.4. The molecule has 4 fully saturated rings. The van der Waals surface area contributed by atoms with E-state index in [4.69, 9.17) is 4.74 Å². The van der Waals surface area contributed by atoms with E-state index >= 15 is 0 Å². The van der Waals surface area contributed by atoms with Gasteiger partial charge in [0.05, 0.1) is 12.5 Å². The molecule has 5 aliphatic carbocycles. The van der Waals surface area contributed by atoms with Gasteiger partial charge in [-0.05, 0) is 96.9 Å². The lowest BCUT2D eigenvalue weighted by molar-refractivity contribution is -0.201. The lowest BCUT2D eigenvalue weighted by atomic mass is 9.30. The quantitative estimate of drug-likeness (QED) is 0.361. The average Bonchev–Trinajstić information content (AvgIpc) is 2.83. The Bertz CT molecular complexity index is 1080. The second kappa shape index (κ2) is 7.81. The Labute approximate surface area is 224 Å². The highest BCUT2D eigenvalue weighted by Gasteiger charge is 2.73. The monoisotopic (exact) mass is 510 g/mol. The molecule has 2 unspecified atom stereocenters. The van der Waals surface area contributed by atoms with Crippen LogP contribution in [0.1, 0.15) is 120 Å². The van der Waals surface area contributed by atoms with Gasteiger partial charge in [-0.1, -0.05) is 61.0 Å². The summed E-state index contributed by atoms with van der Waals surface area (Å²) in [7, 11) is 1.52. The number of rotatable bonds is 2. The number of Topliss-reactive ketones (excluding diaryl/α,β-unsaturated/α-hetero) is 1. The number of allylic oxidation sites excluding steroid dienone is 2. The third-order valence-electron chi connectivity index (χ3n) is 14.0. The Kier molecular flexibility index (Phi) is 5.73. The van der Waals surface area contributed by atoms with Gasteiger partial charge < -0.3 is 4.74 Å². The Morgan fingerprint density at radius 1 is 0.892 bits per heavy atom. The highest BCUT2D eigenvalue weighted by atomic mass is 16.5. The van der Waals surface area contributed by atoms with Gasteiger partial charge in [-0.25, -0.2) is 0 Å². The summed E-state index contributed by atoms with van der Waals surface area (Å²) in [6.07, 6.45) is 10.8. The summed E-state index contributed by atoms with van der Waals surface area (Å²) in [5, 5.41) is 0. The molecule has 0 heterocycles. The van der Waals surface area contributed by atoms with Crippen LogP contribution in [0.2, 0.25) is 0 Å². The number of hydrogen-bond donors (Lipinski definition) is 0. The van der Waals surface area contributed by atoms with Crippen LogP contribution in [0.5, 0.6) is 0 Å². The molecule has 37 heavy (non-hydrogen) atoms. The topological polar surface area (TPSA) is 60.4 Å². The third kappa shape index (κ3) is 3.00. The van der Waals surface area contributed by atoms with Crippen molar-refractivity contribution in [2.24, 2.45) is 49.7 Å². The van der Waals surface area contributed by atoms with Crippen LogP contribution in [0.4, 0.5) is 0 Å². The molecule has 0 aliphatic heterocycles. The van der Waals surface area contributed by atoms with Crippen molar-refractivity contribution in [3.63, 3.8) is 0 Å². The van der Waals surface area contributed by atoms with Gasteiger partial charge in [-0.3, -0.25) is 14.4 Å². The van der Waals surface area contributed by atoms with Gasteiger partial charge in [0.15, 0.2) is 5.78 Å². The Hall–Kier alpha value is -1.45. The second-order valence-electron chi connectivity index (χ2n) is 15.6. The second-order valence-corrected chi connectivity index (χ2v) is 15.6. The maximum atomic E-state index is 14.5. The first-order chi connectivity index (χ1) is 17.0. The van der Waals surface area contributed by atoms with E-state index in [1.807, 2.05) is 0 Å². The number of carbonyl (C=O) groups is 3. The van der Waals surface area contributed by atoms with E-state index in [-0.39, 0.29) is 50.7 Å². The van der Waals surface area contributed by atoms with E-state index in [0.29, 0.717) is 12.2 Å². The van der Waals surface area contributed by atoms with Crippen molar-refractivity contribution in [3.05, 3.63) is 11.6 Å². The van der Waals surface area contributed by atoms with E-state index in [9.17, 15) is 14.4 Å². The molecule has 0 radical (unpaired) electrons. The smallest absolute Gasteiger partial charge is 0.312 e. The molecule has 0 bridgehead atoms. The van der Waals surface area contributed by atoms with Crippen LogP contribution >= 0.6 is 0 Å². The molecule has 0 saturated heterocycles. The molecule has 5 aliphatic rings. The maximum Gasteiger partial charge on any atom is 0.312 e. The Morgan fingerprint density at radius 2 is 1.54 bits per heavy atom. The Balaban J connectivity index is 1.69. The first-order valence-corrected chi connectivity index (χ1v) is 14.9. The van der Waals surface area contributed by atoms with Crippen molar-refractivity contribution in [2.45, 2.75) is 120 Å². The van der Waals surface area contributed by atoms with Gasteiger partial charge in [-0.15, -0.1) is 0 Å². The summed E-state index contributed by atoms with van der Waals surface area (Å²) in [5.74, 6) is 0.362. The van der Waals surface area contributed by atoms with Gasteiger partial charge in [0, 0.05) is 17.8 Å². The van der Waals surface area contributed by atoms with Crippen molar-refractivity contribution < 1.29 is 19.1 Å². The maximum absolute atomic E-state index is 14.5. The average molecular weight is 511 g/mol. The fraction of sp³-hybridized carbons (Fsp3) is 0.848. The molecule has 4 nitrogen and oxygen atoms in total. The minimum absolute atomic E-state index is 0.0135. The van der Waals surface area contributed by atoms with Gasteiger partial charge in [-0.2, -0.15) is 0 Å². The van der Waals surface area contributed by atoms with Gasteiger partial charge in [0.2, 0.25) is 0 Å². The van der Waals surface area contributed by atoms with E-state index in [1.54, 1.807) is 0 Å². The van der Waals surface area contributed by atoms with E-state index < -0.39 is 10.8 Å². The van der Waals surface area contributed by atoms with Crippen LogP contribution in [0.25, 0.3) is 0 Å². The molecule has 0 aromatic rings. The predicted molar refractivity (Wildman–Crippen MR) is 146 cm³/mol. The molecule has 0 N–H and O–H groups in total. The van der Waals surface area contributed by atoms with Crippen molar-refractivity contribution in [1.29, 1.82) is 0 Å². The number of fused-ring (bicyclic) bond motifs is 7. The molecule has 206 valence electrons. The molecule has 5 rings (SSSR count). The SMILES string of the molecule is CC[C@@]12CC[C@]3(C)C(=CC(=O)C4C5CC(C)(C)CC[C@]5(C(=O)OC)CC[C@]43C)[C@@]1(C)CCC(=O)C2(C)C. The van der Waals surface area contributed by atoms with E-state index in [2.05, 4.69) is 61.5 Å². The minimum Gasteiger partial charge on any atom is -0.469 e. The molecule has 0 aromatic heterocycles. The third-order valence-corrected chi connectivity index (χ3v) is 14.0. The summed E-state index contributed by atoms with van der Waals surface area (Å²) >= 11 is 0. The number of carbonyl (C=O) groups excluding carboxylic acids is 3. The lowest BCUT2D eigenvalue weighted by Crippen LogP contribution is -2.68. The largest absolute Gasteiger partial charge is 0.469 e. The molecule has 0 aromatic carbocycles. The molecule has 4 heteroatoms. The summed E-state index contributed by atoms with van der Waals surface area (Å²) in [5.41, 5.74) is -0.181. The van der Waals surface area contributed by atoms with Crippen LogP contribution in [0.3, 0.4) is 0 Å². The molecular weight excluding hydrogens is 460 g/mol. The molecule has 0 spiro atoms. The number of ether oxygens (including phenoxy) is 1. The van der Waals surface area contributed by atoms with Crippen molar-refractivity contribution in [1.82, 2.24) is 0 Å². The van der Waals surface area contributed by atoms with Gasteiger partial charge in [0.1, 0.15) is 5.78 Å². The molecule has 0 amide bonds. The van der Waals surface area contributed by atoms with Crippen LogP contribution in [-0.2, 0) is 19.1 Å². The highest BCUT2D eigenvalue weighted by Crippen LogP contribution is 2.78. The number of ketones is 2. The summed E-state index contributed by atoms with van der Waals surface area (Å²) in [4.78, 5) is 41.2. The summed E-state index contributed by atoms with van der Waals surface area (Å²) in [6, 6.07) is 0. The fourth-order valence-electron chi connectivity index (χ4n) is 11.4. The van der Waals surface area contributed by atoms with E-state index in [0.717, 1.165) is 57.8 Å². The molecular formula is C33H50O4. The standard InChI is InChI=1S/C33H50O4/c1-10-33-18-15-29(6)23(30(33,7)12-11-24(35)28(33,4)5)19-22(34)25-21-20-27(2,3)13-16-32(21,26(36)37-9)17-14-31(25,29)8/h19,21,25H,10-18,20H2,1-9H3/t21?,25?,29-,30-,31-,32+,33+/m1/s1. The zero-order valence-corrected chi connectivity index (χ0v) is 24.9. The zero-order valence-electron chi connectivity index (χ0n) is 24.9. The number of methoxy groups -OCH3 is 1. The van der Waals surface area contributed by atoms with Gasteiger partial charge in [0.25, 0.3) is 0 Å². The molecule has 4 saturated carbocycles. The summed E-state index contributed by atoms with van der Waals surface area (Å²) in [6.45, 7) is 18.4. The summed E-state index contributed by atoms with van der Waals surface area (Å²) < 4.78 is 5.45. The minimum atomic E-state index is -0.545.